The molecule has 2 N–H and O–H groups in total. The van der Waals surface area contributed by atoms with Gasteiger partial charge in [-0.25, -0.2) is 4.98 Å². The largest absolute Gasteiger partial charge is 0.354 e. The van der Waals surface area contributed by atoms with Crippen molar-refractivity contribution in [1.82, 2.24) is 4.98 Å². The molecule has 1 saturated heterocycles. The van der Waals surface area contributed by atoms with Crippen LogP contribution in [0.5, 0.6) is 0 Å². The highest BCUT2D eigenvalue weighted by Crippen LogP contribution is 2.23. The van der Waals surface area contributed by atoms with Crippen LogP contribution in [-0.4, -0.2) is 23.6 Å². The van der Waals surface area contributed by atoms with E-state index in [1.807, 2.05) is 12.3 Å². The fourth-order valence-electron chi connectivity index (χ4n) is 2.09. The van der Waals surface area contributed by atoms with Crippen LogP contribution in [0.25, 0.3) is 0 Å². The SMILES string of the molecule is CC1CC(N)CCN1c1ccc(Br)cn1. The topological polar surface area (TPSA) is 42.1 Å². The Morgan fingerprint density at radius 2 is 2.33 bits per heavy atom. The minimum atomic E-state index is 0.353. The minimum Gasteiger partial charge on any atom is -0.354 e. The number of piperidine rings is 1. The Bertz CT molecular complexity index is 325. The summed E-state index contributed by atoms with van der Waals surface area (Å²) in [6, 6.07) is 4.93. The number of aromatic nitrogens is 1. The van der Waals surface area contributed by atoms with Crippen LogP contribution >= 0.6 is 15.9 Å². The van der Waals surface area contributed by atoms with Gasteiger partial charge in [-0.05, 0) is 47.8 Å². The van der Waals surface area contributed by atoms with Crippen LogP contribution in [0.15, 0.2) is 22.8 Å². The summed E-state index contributed by atoms with van der Waals surface area (Å²) >= 11 is 3.39. The molecule has 1 aromatic rings. The average molecular weight is 270 g/mol. The molecule has 2 heterocycles. The van der Waals surface area contributed by atoms with Crippen molar-refractivity contribution in [3.63, 3.8) is 0 Å². The first kappa shape index (κ1) is 10.9. The summed E-state index contributed by atoms with van der Waals surface area (Å²) in [6.45, 7) is 3.22. The van der Waals surface area contributed by atoms with Crippen molar-refractivity contribution in [2.24, 2.45) is 5.73 Å². The molecule has 0 bridgehead atoms. The third-order valence-electron chi connectivity index (χ3n) is 2.92. The average Bonchev–Trinajstić information content (AvgIpc) is 2.20. The summed E-state index contributed by atoms with van der Waals surface area (Å²) in [7, 11) is 0. The molecule has 2 rings (SSSR count). The van der Waals surface area contributed by atoms with Crippen molar-refractivity contribution in [2.75, 3.05) is 11.4 Å². The van der Waals surface area contributed by atoms with Gasteiger partial charge < -0.3 is 10.6 Å². The molecule has 0 spiro atoms. The van der Waals surface area contributed by atoms with Gasteiger partial charge in [0.2, 0.25) is 0 Å². The number of halogens is 1. The van der Waals surface area contributed by atoms with Crippen LogP contribution in [0.2, 0.25) is 0 Å². The van der Waals surface area contributed by atoms with Crippen molar-refractivity contribution >= 4 is 21.7 Å². The number of pyridine rings is 1. The Morgan fingerprint density at radius 3 is 2.93 bits per heavy atom. The number of anilines is 1. The van der Waals surface area contributed by atoms with Gasteiger partial charge in [-0.3, -0.25) is 0 Å². The smallest absolute Gasteiger partial charge is 0.128 e. The number of hydrogen-bond donors (Lipinski definition) is 1. The molecule has 1 aromatic heterocycles. The highest BCUT2D eigenvalue weighted by molar-refractivity contribution is 9.10. The van der Waals surface area contributed by atoms with Gasteiger partial charge in [0, 0.05) is 29.3 Å². The van der Waals surface area contributed by atoms with Crippen LogP contribution in [0, 0.1) is 0 Å². The van der Waals surface area contributed by atoms with E-state index >= 15 is 0 Å². The van der Waals surface area contributed by atoms with Gasteiger partial charge in [-0.1, -0.05) is 0 Å². The summed E-state index contributed by atoms with van der Waals surface area (Å²) in [5, 5.41) is 0. The Labute approximate surface area is 98.8 Å². The summed E-state index contributed by atoms with van der Waals surface area (Å²) in [5.41, 5.74) is 5.93. The number of nitrogens with two attached hydrogens (primary N) is 1. The maximum absolute atomic E-state index is 5.93. The van der Waals surface area contributed by atoms with E-state index < -0.39 is 0 Å². The quantitative estimate of drug-likeness (QED) is 0.850. The third-order valence-corrected chi connectivity index (χ3v) is 3.39. The molecule has 4 heteroatoms. The van der Waals surface area contributed by atoms with Crippen LogP contribution in [0.1, 0.15) is 19.8 Å². The van der Waals surface area contributed by atoms with Gasteiger partial charge in [0.05, 0.1) is 0 Å². The minimum absolute atomic E-state index is 0.353. The zero-order valence-corrected chi connectivity index (χ0v) is 10.4. The first-order chi connectivity index (χ1) is 7.16. The van der Waals surface area contributed by atoms with Gasteiger partial charge >= 0.3 is 0 Å². The van der Waals surface area contributed by atoms with E-state index in [1.54, 1.807) is 0 Å². The Kier molecular flexibility index (Phi) is 3.26. The van der Waals surface area contributed by atoms with Crippen molar-refractivity contribution in [3.8, 4) is 0 Å². The van der Waals surface area contributed by atoms with Gasteiger partial charge in [0.25, 0.3) is 0 Å². The van der Waals surface area contributed by atoms with E-state index in [4.69, 9.17) is 5.73 Å². The predicted molar refractivity (Wildman–Crippen MR) is 66.0 cm³/mol. The summed E-state index contributed by atoms with van der Waals surface area (Å²) in [6.07, 6.45) is 3.95. The molecule has 0 radical (unpaired) electrons. The lowest BCUT2D eigenvalue weighted by Gasteiger charge is -2.37. The lowest BCUT2D eigenvalue weighted by Crippen LogP contribution is -2.45. The molecule has 15 heavy (non-hydrogen) atoms. The second-order valence-corrected chi connectivity index (χ2v) is 5.08. The molecule has 82 valence electrons. The van der Waals surface area contributed by atoms with Crippen molar-refractivity contribution in [1.29, 1.82) is 0 Å². The lowest BCUT2D eigenvalue weighted by atomic mass is 9.99. The summed E-state index contributed by atoms with van der Waals surface area (Å²) in [5.74, 6) is 1.05. The zero-order chi connectivity index (χ0) is 10.8. The normalized spacial score (nSPS) is 26.7. The van der Waals surface area contributed by atoms with E-state index in [0.29, 0.717) is 12.1 Å². The van der Waals surface area contributed by atoms with Gasteiger partial charge in [0.15, 0.2) is 0 Å². The maximum atomic E-state index is 5.93. The Hall–Kier alpha value is -0.610. The third kappa shape index (κ3) is 2.49. The molecule has 3 nitrogen and oxygen atoms in total. The first-order valence-electron chi connectivity index (χ1n) is 5.30. The molecular weight excluding hydrogens is 254 g/mol. The molecule has 0 saturated carbocycles. The van der Waals surface area contributed by atoms with Crippen LogP contribution in [-0.2, 0) is 0 Å². The molecule has 1 fully saturated rings. The summed E-state index contributed by atoms with van der Waals surface area (Å²) < 4.78 is 1.02. The number of nitrogens with zero attached hydrogens (tertiary/aromatic N) is 2. The van der Waals surface area contributed by atoms with E-state index in [2.05, 4.69) is 38.8 Å². The number of hydrogen-bond acceptors (Lipinski definition) is 3. The summed E-state index contributed by atoms with van der Waals surface area (Å²) in [4.78, 5) is 6.74. The second kappa shape index (κ2) is 4.49. The first-order valence-corrected chi connectivity index (χ1v) is 6.10. The molecule has 0 aromatic carbocycles. The Balaban J connectivity index is 2.13. The second-order valence-electron chi connectivity index (χ2n) is 4.16. The molecule has 1 aliphatic heterocycles. The van der Waals surface area contributed by atoms with E-state index in [0.717, 1.165) is 29.7 Å². The highest BCUT2D eigenvalue weighted by atomic mass is 79.9. The zero-order valence-electron chi connectivity index (χ0n) is 8.86. The van der Waals surface area contributed by atoms with Crippen LogP contribution in [0.4, 0.5) is 5.82 Å². The van der Waals surface area contributed by atoms with E-state index in [1.165, 1.54) is 0 Å². The van der Waals surface area contributed by atoms with Gasteiger partial charge in [-0.2, -0.15) is 0 Å². The number of rotatable bonds is 1. The molecule has 2 atom stereocenters. The van der Waals surface area contributed by atoms with E-state index in [-0.39, 0.29) is 0 Å². The van der Waals surface area contributed by atoms with Crippen LogP contribution < -0.4 is 10.6 Å². The molecule has 2 unspecified atom stereocenters. The van der Waals surface area contributed by atoms with E-state index in [9.17, 15) is 0 Å². The molecular formula is C11H16BrN3. The molecule has 1 aliphatic rings. The lowest BCUT2D eigenvalue weighted by molar-refractivity contribution is 0.427. The van der Waals surface area contributed by atoms with Crippen molar-refractivity contribution in [2.45, 2.75) is 31.8 Å². The molecule has 0 aliphatic carbocycles. The van der Waals surface area contributed by atoms with Gasteiger partial charge in [-0.15, -0.1) is 0 Å². The molecule has 0 amide bonds. The fraction of sp³-hybridized carbons (Fsp3) is 0.545. The maximum Gasteiger partial charge on any atom is 0.128 e. The monoisotopic (exact) mass is 269 g/mol. The highest BCUT2D eigenvalue weighted by Gasteiger charge is 2.23. The fourth-order valence-corrected chi connectivity index (χ4v) is 2.32. The van der Waals surface area contributed by atoms with Crippen LogP contribution in [0.3, 0.4) is 0 Å². The van der Waals surface area contributed by atoms with Crippen molar-refractivity contribution < 1.29 is 0 Å². The van der Waals surface area contributed by atoms with Crippen molar-refractivity contribution in [3.05, 3.63) is 22.8 Å². The van der Waals surface area contributed by atoms with Gasteiger partial charge in [0.1, 0.15) is 5.82 Å². The Morgan fingerprint density at radius 1 is 1.53 bits per heavy atom. The predicted octanol–water partition coefficient (Wildman–Crippen LogP) is 2.16. The standard InChI is InChI=1S/C11H16BrN3/c1-8-6-10(13)4-5-15(8)11-3-2-9(12)7-14-11/h2-3,7-8,10H,4-6,13H2,1H3.